The average molecular weight is 620 g/mol. The summed E-state index contributed by atoms with van der Waals surface area (Å²) in [4.78, 5) is 2.40. The van der Waals surface area contributed by atoms with Crippen molar-refractivity contribution in [3.63, 3.8) is 0 Å². The molecule has 1 heterocycles. The number of thiophene rings is 1. The Labute approximate surface area is 280 Å². The van der Waals surface area contributed by atoms with E-state index in [-0.39, 0.29) is 5.41 Å². The van der Waals surface area contributed by atoms with E-state index in [2.05, 4.69) is 183 Å². The number of nitrogens with zero attached hydrogens (tertiary/aromatic N) is 1. The topological polar surface area (TPSA) is 3.24 Å². The Morgan fingerprint density at radius 1 is 0.404 bits per heavy atom. The zero-order chi connectivity index (χ0) is 31.5. The molecule has 0 bridgehead atoms. The molecule has 2 heteroatoms. The van der Waals surface area contributed by atoms with Crippen molar-refractivity contribution in [3.8, 4) is 33.4 Å². The molecule has 1 nitrogen and oxygen atoms in total. The number of fused-ring (bicyclic) bond motifs is 6. The summed E-state index contributed by atoms with van der Waals surface area (Å²) in [6, 6.07) is 59.9. The largest absolute Gasteiger partial charge is 0.310 e. The van der Waals surface area contributed by atoms with Crippen LogP contribution in [0.15, 0.2) is 164 Å². The van der Waals surface area contributed by atoms with Crippen molar-refractivity contribution in [3.05, 3.63) is 175 Å². The molecule has 47 heavy (non-hydrogen) atoms. The normalized spacial score (nSPS) is 13.1. The smallest absolute Gasteiger partial charge is 0.0465 e. The van der Waals surface area contributed by atoms with E-state index < -0.39 is 0 Å². The lowest BCUT2D eigenvalue weighted by atomic mass is 9.82. The van der Waals surface area contributed by atoms with E-state index in [4.69, 9.17) is 0 Å². The molecule has 0 amide bonds. The molecule has 7 aromatic carbocycles. The number of benzene rings is 7. The third kappa shape index (κ3) is 4.60. The van der Waals surface area contributed by atoms with Crippen LogP contribution in [0.4, 0.5) is 17.1 Å². The fourth-order valence-corrected chi connectivity index (χ4v) is 8.52. The molecule has 0 unspecified atom stereocenters. The second kappa shape index (κ2) is 10.8. The lowest BCUT2D eigenvalue weighted by Gasteiger charge is -2.28. The second-order valence-electron chi connectivity index (χ2n) is 13.0. The molecule has 8 aromatic rings. The van der Waals surface area contributed by atoms with Crippen molar-refractivity contribution >= 4 is 48.6 Å². The van der Waals surface area contributed by atoms with Crippen molar-refractivity contribution in [2.24, 2.45) is 0 Å². The van der Waals surface area contributed by atoms with Crippen LogP contribution in [0.25, 0.3) is 53.6 Å². The van der Waals surface area contributed by atoms with Crippen molar-refractivity contribution in [1.82, 2.24) is 0 Å². The molecule has 0 radical (unpaired) electrons. The van der Waals surface area contributed by atoms with Gasteiger partial charge in [-0.15, -0.1) is 11.3 Å². The van der Waals surface area contributed by atoms with Crippen LogP contribution in [0.1, 0.15) is 25.0 Å². The number of rotatable bonds is 5. The van der Waals surface area contributed by atoms with Gasteiger partial charge in [0.25, 0.3) is 0 Å². The van der Waals surface area contributed by atoms with Gasteiger partial charge in [0.1, 0.15) is 0 Å². The molecule has 1 aliphatic carbocycles. The lowest BCUT2D eigenvalue weighted by molar-refractivity contribution is 0.661. The van der Waals surface area contributed by atoms with Crippen LogP contribution in [-0.2, 0) is 5.41 Å². The van der Waals surface area contributed by atoms with Crippen LogP contribution in [0.3, 0.4) is 0 Å². The van der Waals surface area contributed by atoms with Crippen molar-refractivity contribution < 1.29 is 0 Å². The van der Waals surface area contributed by atoms with E-state index in [9.17, 15) is 0 Å². The number of anilines is 3. The minimum atomic E-state index is -0.127. The van der Waals surface area contributed by atoms with Gasteiger partial charge in [-0.05, 0) is 99.1 Å². The number of hydrogen-bond acceptors (Lipinski definition) is 2. The van der Waals surface area contributed by atoms with Gasteiger partial charge < -0.3 is 4.90 Å². The highest BCUT2D eigenvalue weighted by molar-refractivity contribution is 7.25. The maximum absolute atomic E-state index is 2.46. The van der Waals surface area contributed by atoms with Crippen LogP contribution in [-0.4, -0.2) is 0 Å². The van der Waals surface area contributed by atoms with Gasteiger partial charge in [0.05, 0.1) is 0 Å². The summed E-state index contributed by atoms with van der Waals surface area (Å²) in [5.41, 5.74) is 13.7. The monoisotopic (exact) mass is 619 g/mol. The lowest BCUT2D eigenvalue weighted by Crippen LogP contribution is -2.16. The molecule has 0 saturated carbocycles. The first kappa shape index (κ1) is 27.8. The van der Waals surface area contributed by atoms with Crippen LogP contribution < -0.4 is 4.90 Å². The summed E-state index contributed by atoms with van der Waals surface area (Å²) in [7, 11) is 0. The van der Waals surface area contributed by atoms with Gasteiger partial charge in [-0.3, -0.25) is 0 Å². The Kier molecular flexibility index (Phi) is 6.41. The summed E-state index contributed by atoms with van der Waals surface area (Å²) in [5.74, 6) is 0. The molecule has 0 fully saturated rings. The van der Waals surface area contributed by atoms with Gasteiger partial charge in [0, 0.05) is 42.6 Å². The molecule has 0 saturated heterocycles. The van der Waals surface area contributed by atoms with Crippen LogP contribution in [0, 0.1) is 0 Å². The van der Waals surface area contributed by atoms with Crippen LogP contribution in [0.2, 0.25) is 0 Å². The van der Waals surface area contributed by atoms with Gasteiger partial charge >= 0.3 is 0 Å². The molecule has 1 aromatic heterocycles. The SMILES string of the molecule is CC1(C)c2cc(N(c3ccc(-c4ccccc4)cc3)c3ccc(-c4ccccc4)cc3)ccc2-c2cc3sc4ccccc4c3cc21. The zero-order valence-electron chi connectivity index (χ0n) is 26.4. The second-order valence-corrected chi connectivity index (χ2v) is 14.1. The molecule has 224 valence electrons. The fourth-order valence-electron chi connectivity index (χ4n) is 7.39. The van der Waals surface area contributed by atoms with Gasteiger partial charge in [-0.1, -0.05) is 123 Å². The summed E-state index contributed by atoms with van der Waals surface area (Å²) in [6.07, 6.45) is 0. The highest BCUT2D eigenvalue weighted by Crippen LogP contribution is 2.53. The molecule has 1 aliphatic rings. The molecular formula is C45H33NS. The van der Waals surface area contributed by atoms with Crippen molar-refractivity contribution in [2.75, 3.05) is 4.90 Å². The quantitative estimate of drug-likeness (QED) is 0.185. The molecule has 0 spiro atoms. The van der Waals surface area contributed by atoms with Gasteiger partial charge in [-0.25, -0.2) is 0 Å². The first-order valence-corrected chi connectivity index (χ1v) is 17.1. The first-order valence-electron chi connectivity index (χ1n) is 16.3. The summed E-state index contributed by atoms with van der Waals surface area (Å²) < 4.78 is 2.71. The third-order valence-corrected chi connectivity index (χ3v) is 11.0. The van der Waals surface area contributed by atoms with Gasteiger partial charge in [-0.2, -0.15) is 0 Å². The maximum atomic E-state index is 2.46. The van der Waals surface area contributed by atoms with Crippen molar-refractivity contribution in [1.29, 1.82) is 0 Å². The summed E-state index contributed by atoms with van der Waals surface area (Å²) in [5, 5.41) is 2.72. The molecule has 0 atom stereocenters. The van der Waals surface area contributed by atoms with E-state index in [0.29, 0.717) is 0 Å². The molecular weight excluding hydrogens is 587 g/mol. The van der Waals surface area contributed by atoms with Gasteiger partial charge in [0.15, 0.2) is 0 Å². The zero-order valence-corrected chi connectivity index (χ0v) is 27.3. The van der Waals surface area contributed by atoms with Gasteiger partial charge in [0.2, 0.25) is 0 Å². The molecule has 9 rings (SSSR count). The highest BCUT2D eigenvalue weighted by atomic mass is 32.1. The average Bonchev–Trinajstić information content (AvgIpc) is 3.60. The first-order chi connectivity index (χ1) is 23.0. The number of hydrogen-bond donors (Lipinski definition) is 0. The van der Waals surface area contributed by atoms with E-state index >= 15 is 0 Å². The Morgan fingerprint density at radius 2 is 0.915 bits per heavy atom. The van der Waals surface area contributed by atoms with E-state index in [1.165, 1.54) is 64.7 Å². The van der Waals surface area contributed by atoms with Crippen LogP contribution >= 0.6 is 11.3 Å². The van der Waals surface area contributed by atoms with Crippen molar-refractivity contribution in [2.45, 2.75) is 19.3 Å². The molecule has 0 N–H and O–H groups in total. The minimum Gasteiger partial charge on any atom is -0.310 e. The van der Waals surface area contributed by atoms with E-state index in [1.54, 1.807) is 0 Å². The van der Waals surface area contributed by atoms with E-state index in [1.807, 2.05) is 11.3 Å². The van der Waals surface area contributed by atoms with E-state index in [0.717, 1.165) is 17.1 Å². The van der Waals surface area contributed by atoms with Crippen LogP contribution in [0.5, 0.6) is 0 Å². The maximum Gasteiger partial charge on any atom is 0.0465 e. The molecule has 0 aliphatic heterocycles. The Hall–Kier alpha value is -5.44. The highest BCUT2D eigenvalue weighted by Gasteiger charge is 2.36. The Balaban J connectivity index is 1.17. The summed E-state index contributed by atoms with van der Waals surface area (Å²) in [6.45, 7) is 4.77. The Bertz CT molecular complexity index is 2320. The minimum absolute atomic E-state index is 0.127. The Morgan fingerprint density at radius 3 is 1.53 bits per heavy atom. The fraction of sp³-hybridized carbons (Fsp3) is 0.0667. The predicted molar refractivity (Wildman–Crippen MR) is 202 cm³/mol. The third-order valence-electron chi connectivity index (χ3n) is 9.88. The summed E-state index contributed by atoms with van der Waals surface area (Å²) >= 11 is 1.90. The predicted octanol–water partition coefficient (Wildman–Crippen LogP) is 13.2. The standard InChI is InChI=1S/C45H33NS/c1-45(2)41-27-36(25-26-37(41)39-29-44-40(28-42(39)45)38-15-9-10-16-43(38)47-44)46(34-21-17-32(18-22-34)30-11-5-3-6-12-30)35-23-19-33(20-24-35)31-13-7-4-8-14-31/h3-29H,1-2H3.